The fourth-order valence-corrected chi connectivity index (χ4v) is 10.3. The Bertz CT molecular complexity index is 4440. The van der Waals surface area contributed by atoms with Gasteiger partial charge in [0.05, 0.1) is 11.4 Å². The summed E-state index contributed by atoms with van der Waals surface area (Å²) in [6.07, 6.45) is 3.76. The zero-order chi connectivity index (χ0) is 50.4. The molecule has 0 radical (unpaired) electrons. The molecule has 0 unspecified atom stereocenters. The van der Waals surface area contributed by atoms with Crippen LogP contribution >= 0.6 is 0 Å². The predicted octanol–water partition coefficient (Wildman–Crippen LogP) is 16.5. The van der Waals surface area contributed by atoms with Gasteiger partial charge in [0.1, 0.15) is 0 Å². The maximum Gasteiger partial charge on any atom is 0.164 e. The molecule has 354 valence electrons. The average molecular weight is 971 g/mol. The van der Waals surface area contributed by atoms with Gasteiger partial charge in [-0.05, 0) is 61.6 Å². The van der Waals surface area contributed by atoms with Crippen LogP contribution in [0.2, 0.25) is 0 Å². The number of aromatic nitrogens is 8. The van der Waals surface area contributed by atoms with Gasteiger partial charge in [-0.2, -0.15) is 0 Å². The van der Waals surface area contributed by atoms with Crippen molar-refractivity contribution < 1.29 is 0 Å². The van der Waals surface area contributed by atoms with Crippen molar-refractivity contribution in [3.63, 3.8) is 0 Å². The van der Waals surface area contributed by atoms with Crippen LogP contribution in [0.5, 0.6) is 0 Å². The largest absolute Gasteiger partial charge is 0.256 e. The number of nitrogens with zero attached hydrogens (tertiary/aromatic N) is 8. The van der Waals surface area contributed by atoms with E-state index in [0.29, 0.717) is 34.9 Å². The zero-order valence-corrected chi connectivity index (χ0v) is 40.8. The van der Waals surface area contributed by atoms with Crippen molar-refractivity contribution in [1.29, 1.82) is 0 Å². The summed E-state index contributed by atoms with van der Waals surface area (Å²) >= 11 is 0. The van der Waals surface area contributed by atoms with E-state index in [1.54, 1.807) is 0 Å². The minimum absolute atomic E-state index is 0.590. The third-order valence-corrected chi connectivity index (χ3v) is 14.1. The second-order valence-electron chi connectivity index (χ2n) is 18.7. The van der Waals surface area contributed by atoms with Crippen LogP contribution in [0.3, 0.4) is 0 Å². The van der Waals surface area contributed by atoms with Crippen LogP contribution in [0.15, 0.2) is 255 Å². The molecule has 10 aromatic carbocycles. The lowest BCUT2D eigenvalue weighted by Gasteiger charge is -2.14. The number of hydrogen-bond donors (Lipinski definition) is 0. The molecule has 8 nitrogen and oxygen atoms in total. The van der Waals surface area contributed by atoms with E-state index in [-0.39, 0.29) is 0 Å². The van der Waals surface area contributed by atoms with Gasteiger partial charge in [0.15, 0.2) is 34.9 Å². The van der Waals surface area contributed by atoms with Gasteiger partial charge in [0, 0.05) is 67.7 Å². The fraction of sp³-hybridized carbons (Fsp3) is 0. The molecule has 0 amide bonds. The molecule has 0 aliphatic rings. The maximum atomic E-state index is 5.29. The van der Waals surface area contributed by atoms with E-state index in [0.717, 1.165) is 110 Å². The quantitative estimate of drug-likeness (QED) is 0.141. The molecule has 0 saturated heterocycles. The molecule has 76 heavy (non-hydrogen) atoms. The molecule has 4 aromatic heterocycles. The van der Waals surface area contributed by atoms with Gasteiger partial charge in [-0.25, -0.2) is 29.9 Å². The van der Waals surface area contributed by atoms with Crippen LogP contribution in [0, 0.1) is 0 Å². The van der Waals surface area contributed by atoms with Crippen LogP contribution < -0.4 is 0 Å². The first kappa shape index (κ1) is 44.3. The number of hydrogen-bond acceptors (Lipinski definition) is 8. The molecule has 4 heterocycles. The standard InChI is InChI=1S/C68H42N8/c1-3-16-47(17-4-1)63-71-64(48-18-5-2-6-19-48)73-65(72-63)49-32-30-46(31-33-49)62-56-37-36-51(42-52(56)39-41-70-62)54-23-12-25-58-57(54)24-13-27-60(58)68-75-66(74-67(76-68)59-26-11-20-43-14-7-9-21-53(43)59)50-34-28-45(29-35-50)61-55-22-10-8-15-44(55)38-40-69-61/h1-42H. The van der Waals surface area contributed by atoms with Crippen molar-refractivity contribution in [2.45, 2.75) is 0 Å². The Morgan fingerprint density at radius 2 is 0.553 bits per heavy atom. The summed E-state index contributed by atoms with van der Waals surface area (Å²) in [6, 6.07) is 83.4. The molecule has 0 aliphatic heterocycles. The van der Waals surface area contributed by atoms with E-state index in [2.05, 4.69) is 176 Å². The Labute approximate surface area is 437 Å². The van der Waals surface area contributed by atoms with Crippen LogP contribution in [0.25, 0.3) is 145 Å². The topological polar surface area (TPSA) is 103 Å². The molecule has 14 aromatic rings. The highest BCUT2D eigenvalue weighted by atomic mass is 15.0. The Hall–Kier alpha value is -10.4. The molecule has 0 spiro atoms. The predicted molar refractivity (Wildman–Crippen MR) is 308 cm³/mol. The van der Waals surface area contributed by atoms with Crippen molar-refractivity contribution in [2.24, 2.45) is 0 Å². The zero-order valence-electron chi connectivity index (χ0n) is 40.8. The van der Waals surface area contributed by atoms with Gasteiger partial charge in [-0.3, -0.25) is 9.97 Å². The molecule has 0 bridgehead atoms. The monoisotopic (exact) mass is 970 g/mol. The first-order chi connectivity index (χ1) is 37.6. The van der Waals surface area contributed by atoms with Gasteiger partial charge >= 0.3 is 0 Å². The fourth-order valence-electron chi connectivity index (χ4n) is 10.3. The molecular formula is C68H42N8. The van der Waals surface area contributed by atoms with E-state index >= 15 is 0 Å². The van der Waals surface area contributed by atoms with E-state index in [1.165, 1.54) is 0 Å². The van der Waals surface area contributed by atoms with Crippen LogP contribution in [0.1, 0.15) is 0 Å². The smallest absolute Gasteiger partial charge is 0.164 e. The highest BCUT2D eigenvalue weighted by molar-refractivity contribution is 6.06. The summed E-state index contributed by atoms with van der Waals surface area (Å²) in [5.41, 5.74) is 11.5. The molecule has 0 atom stereocenters. The van der Waals surface area contributed by atoms with E-state index in [4.69, 9.17) is 39.9 Å². The first-order valence-electron chi connectivity index (χ1n) is 25.2. The lowest BCUT2D eigenvalue weighted by molar-refractivity contribution is 1.07. The maximum absolute atomic E-state index is 5.29. The van der Waals surface area contributed by atoms with Gasteiger partial charge in [-0.1, -0.05) is 224 Å². The van der Waals surface area contributed by atoms with Crippen molar-refractivity contribution in [3.8, 4) is 102 Å². The summed E-state index contributed by atoms with van der Waals surface area (Å²) in [7, 11) is 0. The van der Waals surface area contributed by atoms with Crippen LogP contribution in [-0.4, -0.2) is 39.9 Å². The highest BCUT2D eigenvalue weighted by Crippen LogP contribution is 2.39. The van der Waals surface area contributed by atoms with E-state index in [1.807, 2.05) is 79.1 Å². The molecule has 0 N–H and O–H groups in total. The second-order valence-corrected chi connectivity index (χ2v) is 18.7. The van der Waals surface area contributed by atoms with E-state index < -0.39 is 0 Å². The lowest BCUT2D eigenvalue weighted by atomic mass is 9.93. The van der Waals surface area contributed by atoms with Crippen LogP contribution in [0.4, 0.5) is 0 Å². The normalized spacial score (nSPS) is 11.4. The minimum atomic E-state index is 0.590. The molecular weight excluding hydrogens is 929 g/mol. The molecule has 8 heteroatoms. The third kappa shape index (κ3) is 8.16. The summed E-state index contributed by atoms with van der Waals surface area (Å²) in [6.45, 7) is 0. The summed E-state index contributed by atoms with van der Waals surface area (Å²) in [4.78, 5) is 40.2. The lowest BCUT2D eigenvalue weighted by Crippen LogP contribution is -2.01. The Morgan fingerprint density at radius 3 is 1.13 bits per heavy atom. The van der Waals surface area contributed by atoms with Crippen molar-refractivity contribution in [3.05, 3.63) is 255 Å². The SMILES string of the molecule is c1ccc(-c2nc(-c3ccccc3)nc(-c3ccc(-c4nccc5cc(-c6cccc7c(-c8nc(-c9ccc(-c%10nccc%11ccccc%10%11)cc9)nc(-c9cccc%10ccccc9%10)n8)cccc67)ccc45)cc3)n2)cc1. The van der Waals surface area contributed by atoms with Crippen molar-refractivity contribution >= 4 is 43.1 Å². The van der Waals surface area contributed by atoms with Gasteiger partial charge < -0.3 is 0 Å². The Kier molecular flexibility index (Phi) is 11.0. The van der Waals surface area contributed by atoms with Gasteiger partial charge in [0.2, 0.25) is 0 Å². The summed E-state index contributed by atoms with van der Waals surface area (Å²) in [5.74, 6) is 3.66. The van der Waals surface area contributed by atoms with Crippen LogP contribution in [-0.2, 0) is 0 Å². The first-order valence-corrected chi connectivity index (χ1v) is 25.2. The Balaban J connectivity index is 0.826. The molecule has 0 aliphatic carbocycles. The van der Waals surface area contributed by atoms with Gasteiger partial charge in [0.25, 0.3) is 0 Å². The third-order valence-electron chi connectivity index (χ3n) is 14.1. The number of pyridine rings is 2. The van der Waals surface area contributed by atoms with Gasteiger partial charge in [-0.15, -0.1) is 0 Å². The molecule has 14 rings (SSSR count). The van der Waals surface area contributed by atoms with Crippen molar-refractivity contribution in [1.82, 2.24) is 39.9 Å². The summed E-state index contributed by atoms with van der Waals surface area (Å²) in [5, 5.41) is 8.72. The Morgan fingerprint density at radius 1 is 0.197 bits per heavy atom. The molecule has 0 saturated carbocycles. The number of rotatable bonds is 9. The highest BCUT2D eigenvalue weighted by Gasteiger charge is 2.19. The van der Waals surface area contributed by atoms with Crippen molar-refractivity contribution in [2.75, 3.05) is 0 Å². The minimum Gasteiger partial charge on any atom is -0.256 e. The average Bonchev–Trinajstić information content (AvgIpc) is 3.51. The number of benzene rings is 10. The second kappa shape index (κ2) is 18.9. The van der Waals surface area contributed by atoms with E-state index in [9.17, 15) is 0 Å². The summed E-state index contributed by atoms with van der Waals surface area (Å²) < 4.78 is 0. The number of fused-ring (bicyclic) bond motifs is 4. The molecule has 0 fully saturated rings.